The third kappa shape index (κ3) is 2.47. The molecule has 1 aromatic rings. The Kier molecular flexibility index (Phi) is 4.02. The third-order valence-corrected chi connectivity index (χ3v) is 4.85. The molecule has 1 atom stereocenters. The van der Waals surface area contributed by atoms with Gasteiger partial charge in [0.15, 0.2) is 0 Å². The fraction of sp³-hybridized carbons (Fsp3) is 0.571. The van der Waals surface area contributed by atoms with Gasteiger partial charge in [-0.3, -0.25) is 0 Å². The number of hydrogen-bond acceptors (Lipinski definition) is 1. The van der Waals surface area contributed by atoms with Crippen molar-refractivity contribution >= 4 is 23.2 Å². The fourth-order valence-corrected chi connectivity index (χ4v) is 3.29. The van der Waals surface area contributed by atoms with Crippen LogP contribution < -0.4 is 5.73 Å². The van der Waals surface area contributed by atoms with Crippen LogP contribution in [-0.4, -0.2) is 6.04 Å². The van der Waals surface area contributed by atoms with Crippen LogP contribution in [0.25, 0.3) is 0 Å². The van der Waals surface area contributed by atoms with Crippen LogP contribution in [0.15, 0.2) is 18.2 Å². The third-order valence-electron chi connectivity index (χ3n) is 4.11. The molecule has 0 radical (unpaired) electrons. The average molecular weight is 272 g/mol. The summed E-state index contributed by atoms with van der Waals surface area (Å²) < 4.78 is 0. The second kappa shape index (κ2) is 5.17. The summed E-state index contributed by atoms with van der Waals surface area (Å²) in [6, 6.07) is 6.12. The van der Waals surface area contributed by atoms with E-state index in [0.717, 1.165) is 12.8 Å². The highest BCUT2D eigenvalue weighted by atomic mass is 35.5. The molecule has 17 heavy (non-hydrogen) atoms. The first-order chi connectivity index (χ1) is 8.06. The van der Waals surface area contributed by atoms with Crippen molar-refractivity contribution in [2.75, 3.05) is 0 Å². The summed E-state index contributed by atoms with van der Waals surface area (Å²) in [6.07, 6.45) is 6.13. The highest BCUT2D eigenvalue weighted by Gasteiger charge is 2.37. The fourth-order valence-electron chi connectivity index (χ4n) is 3.00. The van der Waals surface area contributed by atoms with Crippen molar-refractivity contribution in [2.24, 2.45) is 5.73 Å². The van der Waals surface area contributed by atoms with Gasteiger partial charge in [-0.15, -0.1) is 0 Å². The van der Waals surface area contributed by atoms with E-state index in [4.69, 9.17) is 28.9 Å². The Morgan fingerprint density at radius 3 is 2.29 bits per heavy atom. The van der Waals surface area contributed by atoms with Gasteiger partial charge in [-0.1, -0.05) is 48.5 Å². The summed E-state index contributed by atoms with van der Waals surface area (Å²) in [5.41, 5.74) is 7.59. The zero-order valence-corrected chi connectivity index (χ0v) is 11.7. The smallest absolute Gasteiger partial charge is 0.0595 e. The van der Waals surface area contributed by atoms with E-state index >= 15 is 0 Å². The summed E-state index contributed by atoms with van der Waals surface area (Å²) in [4.78, 5) is 0. The van der Waals surface area contributed by atoms with E-state index in [1.165, 1.54) is 24.8 Å². The molecule has 94 valence electrons. The van der Waals surface area contributed by atoms with Gasteiger partial charge in [0.2, 0.25) is 0 Å². The molecule has 1 nitrogen and oxygen atoms in total. The zero-order chi connectivity index (χ0) is 12.5. The SMILES string of the molecule is C[C@@H](N)C1(c2ccc(Cl)c(Cl)c2)CCCCC1. The van der Waals surface area contributed by atoms with Gasteiger partial charge in [-0.2, -0.15) is 0 Å². The highest BCUT2D eigenvalue weighted by molar-refractivity contribution is 6.42. The quantitative estimate of drug-likeness (QED) is 0.840. The van der Waals surface area contributed by atoms with Gasteiger partial charge < -0.3 is 5.73 Å². The zero-order valence-electron chi connectivity index (χ0n) is 10.2. The van der Waals surface area contributed by atoms with Crippen molar-refractivity contribution in [1.29, 1.82) is 0 Å². The molecule has 1 aromatic carbocycles. The van der Waals surface area contributed by atoms with Crippen LogP contribution >= 0.6 is 23.2 Å². The van der Waals surface area contributed by atoms with Crippen molar-refractivity contribution in [3.8, 4) is 0 Å². The largest absolute Gasteiger partial charge is 0.327 e. The minimum atomic E-state index is 0.0898. The first-order valence-corrected chi connectivity index (χ1v) is 7.03. The first-order valence-electron chi connectivity index (χ1n) is 6.27. The van der Waals surface area contributed by atoms with E-state index in [1.807, 2.05) is 12.1 Å². The maximum absolute atomic E-state index is 6.25. The Bertz CT molecular complexity index is 395. The number of nitrogens with two attached hydrogens (primary N) is 1. The van der Waals surface area contributed by atoms with Crippen LogP contribution in [0.1, 0.15) is 44.6 Å². The molecule has 1 aliphatic carbocycles. The van der Waals surface area contributed by atoms with Gasteiger partial charge in [0.1, 0.15) is 0 Å². The maximum atomic E-state index is 6.25. The molecule has 1 aliphatic rings. The molecule has 3 heteroatoms. The molecule has 0 spiro atoms. The predicted molar refractivity (Wildman–Crippen MR) is 74.9 cm³/mol. The summed E-state index contributed by atoms with van der Waals surface area (Å²) in [6.45, 7) is 2.10. The second-order valence-corrected chi connectivity index (χ2v) is 5.95. The molecule has 0 bridgehead atoms. The molecule has 0 amide bonds. The summed E-state index contributed by atoms with van der Waals surface area (Å²) in [5, 5.41) is 1.25. The Balaban J connectivity index is 2.41. The maximum Gasteiger partial charge on any atom is 0.0595 e. The topological polar surface area (TPSA) is 26.0 Å². The van der Waals surface area contributed by atoms with Gasteiger partial charge >= 0.3 is 0 Å². The molecule has 0 saturated heterocycles. The van der Waals surface area contributed by atoms with Crippen LogP contribution in [0.3, 0.4) is 0 Å². The van der Waals surface area contributed by atoms with E-state index in [-0.39, 0.29) is 11.5 Å². The summed E-state index contributed by atoms with van der Waals surface area (Å²) in [7, 11) is 0. The predicted octanol–water partition coefficient (Wildman–Crippen LogP) is 4.54. The van der Waals surface area contributed by atoms with Crippen molar-refractivity contribution < 1.29 is 0 Å². The van der Waals surface area contributed by atoms with Crippen molar-refractivity contribution in [2.45, 2.75) is 50.5 Å². The van der Waals surface area contributed by atoms with Crippen LogP contribution in [0, 0.1) is 0 Å². The normalized spacial score (nSPS) is 21.2. The number of hydrogen-bond donors (Lipinski definition) is 1. The Labute approximate surface area is 113 Å². The van der Waals surface area contributed by atoms with Crippen molar-refractivity contribution in [3.05, 3.63) is 33.8 Å². The highest BCUT2D eigenvalue weighted by Crippen LogP contribution is 2.42. The second-order valence-electron chi connectivity index (χ2n) is 5.13. The van der Waals surface area contributed by atoms with E-state index in [0.29, 0.717) is 10.0 Å². The molecule has 0 heterocycles. The van der Waals surface area contributed by atoms with Gasteiger partial charge in [0, 0.05) is 11.5 Å². The lowest BCUT2D eigenvalue weighted by atomic mass is 9.65. The molecule has 0 aromatic heterocycles. The van der Waals surface area contributed by atoms with Crippen LogP contribution in [0.5, 0.6) is 0 Å². The Morgan fingerprint density at radius 1 is 1.12 bits per heavy atom. The van der Waals surface area contributed by atoms with Gasteiger partial charge in [0.05, 0.1) is 10.0 Å². The molecular weight excluding hydrogens is 253 g/mol. The van der Waals surface area contributed by atoms with Crippen LogP contribution in [-0.2, 0) is 5.41 Å². The van der Waals surface area contributed by atoms with Gasteiger partial charge in [-0.05, 0) is 37.5 Å². The van der Waals surface area contributed by atoms with E-state index in [9.17, 15) is 0 Å². The van der Waals surface area contributed by atoms with E-state index in [1.54, 1.807) is 0 Å². The lowest BCUT2D eigenvalue weighted by Crippen LogP contribution is -2.44. The van der Waals surface area contributed by atoms with E-state index in [2.05, 4.69) is 13.0 Å². The Hall–Kier alpha value is -0.240. The molecule has 2 N–H and O–H groups in total. The Morgan fingerprint density at radius 2 is 1.76 bits per heavy atom. The standard InChI is InChI=1S/C14H19Cl2N/c1-10(17)14(7-3-2-4-8-14)11-5-6-12(15)13(16)9-11/h5-6,9-10H,2-4,7-8,17H2,1H3/t10-/m1/s1. The summed E-state index contributed by atoms with van der Waals surface area (Å²) in [5.74, 6) is 0. The van der Waals surface area contributed by atoms with Crippen LogP contribution in [0.2, 0.25) is 10.0 Å². The monoisotopic (exact) mass is 271 g/mol. The van der Waals surface area contributed by atoms with Gasteiger partial charge in [-0.25, -0.2) is 0 Å². The molecule has 1 saturated carbocycles. The van der Waals surface area contributed by atoms with E-state index < -0.39 is 0 Å². The summed E-state index contributed by atoms with van der Waals surface area (Å²) >= 11 is 12.1. The minimum absolute atomic E-state index is 0.0898. The first kappa shape index (κ1) is 13.2. The van der Waals surface area contributed by atoms with Crippen LogP contribution in [0.4, 0.5) is 0 Å². The average Bonchev–Trinajstić information content (AvgIpc) is 2.33. The minimum Gasteiger partial charge on any atom is -0.327 e. The lowest BCUT2D eigenvalue weighted by molar-refractivity contribution is 0.252. The number of benzene rings is 1. The van der Waals surface area contributed by atoms with Gasteiger partial charge in [0.25, 0.3) is 0 Å². The lowest BCUT2D eigenvalue weighted by Gasteiger charge is -2.41. The molecule has 1 fully saturated rings. The molecule has 0 aliphatic heterocycles. The number of rotatable bonds is 2. The van der Waals surface area contributed by atoms with Crippen molar-refractivity contribution in [1.82, 2.24) is 0 Å². The molecular formula is C14H19Cl2N. The molecule has 2 rings (SSSR count). The number of halogens is 2. The van der Waals surface area contributed by atoms with Crippen molar-refractivity contribution in [3.63, 3.8) is 0 Å². The molecule has 0 unspecified atom stereocenters.